The highest BCUT2D eigenvalue weighted by Gasteiger charge is 2.27. The van der Waals surface area contributed by atoms with E-state index in [1.807, 2.05) is 86.6 Å². The number of urea groups is 1. The summed E-state index contributed by atoms with van der Waals surface area (Å²) < 4.78 is 0. The number of carbonyl (C=O) groups excluding carboxylic acids is 2. The number of fused-ring (bicyclic) bond motifs is 1. The van der Waals surface area contributed by atoms with Crippen LogP contribution in [0.4, 0.5) is 4.79 Å². The van der Waals surface area contributed by atoms with Crippen molar-refractivity contribution >= 4 is 28.7 Å². The maximum Gasteiger partial charge on any atom is 0.326 e. The normalized spacial score (nSPS) is 12.8. The molecule has 3 rings (SSSR count). The number of primary amides is 1. The summed E-state index contributed by atoms with van der Waals surface area (Å²) in [5, 5.41) is 14.6. The van der Waals surface area contributed by atoms with Crippen molar-refractivity contribution in [2.24, 2.45) is 17.6 Å². The molecule has 2 atom stereocenters. The largest absolute Gasteiger partial charge is 0.480 e. The summed E-state index contributed by atoms with van der Waals surface area (Å²) in [6.45, 7) is 4.44. The van der Waals surface area contributed by atoms with Gasteiger partial charge in [-0.05, 0) is 40.7 Å². The Morgan fingerprint density at radius 1 is 0.889 bits per heavy atom. The Balaban J connectivity index is 1.70. The van der Waals surface area contributed by atoms with Crippen LogP contribution >= 0.6 is 0 Å². The molecular weight excluding hydrogens is 454 g/mol. The zero-order valence-electron chi connectivity index (χ0n) is 20.9. The molecular formula is C29H35N3O4. The van der Waals surface area contributed by atoms with Gasteiger partial charge in [0.05, 0.1) is 5.92 Å². The lowest BCUT2D eigenvalue weighted by molar-refractivity contribution is -0.139. The predicted molar refractivity (Wildman–Crippen MR) is 141 cm³/mol. The Morgan fingerprint density at radius 2 is 1.56 bits per heavy atom. The number of aryl methyl sites for hydroxylation is 1. The minimum atomic E-state index is -1.11. The zero-order chi connectivity index (χ0) is 26.1. The van der Waals surface area contributed by atoms with Gasteiger partial charge in [-0.3, -0.25) is 4.79 Å². The molecule has 0 heterocycles. The van der Waals surface area contributed by atoms with E-state index in [-0.39, 0.29) is 18.9 Å². The number of hydrogen-bond donors (Lipinski definition) is 3. The van der Waals surface area contributed by atoms with Crippen LogP contribution in [0.3, 0.4) is 0 Å². The van der Waals surface area contributed by atoms with Crippen LogP contribution in [0, 0.1) is 11.8 Å². The van der Waals surface area contributed by atoms with Gasteiger partial charge in [0.15, 0.2) is 0 Å². The van der Waals surface area contributed by atoms with Crippen LogP contribution in [0.1, 0.15) is 31.4 Å². The van der Waals surface area contributed by atoms with Gasteiger partial charge in [0.25, 0.3) is 0 Å². The summed E-state index contributed by atoms with van der Waals surface area (Å²) in [5.41, 5.74) is 7.59. The highest BCUT2D eigenvalue weighted by Crippen LogP contribution is 2.18. The van der Waals surface area contributed by atoms with Crippen molar-refractivity contribution in [2.75, 3.05) is 13.1 Å². The van der Waals surface area contributed by atoms with E-state index >= 15 is 0 Å². The van der Waals surface area contributed by atoms with Crippen LogP contribution < -0.4 is 11.1 Å². The fourth-order valence-electron chi connectivity index (χ4n) is 4.30. The first kappa shape index (κ1) is 26.7. The number of hydrogen-bond acceptors (Lipinski definition) is 3. The number of nitrogens with zero attached hydrogens (tertiary/aromatic N) is 1. The maximum atomic E-state index is 13.2. The van der Waals surface area contributed by atoms with Gasteiger partial charge in [-0.2, -0.15) is 0 Å². The molecule has 0 saturated heterocycles. The summed E-state index contributed by atoms with van der Waals surface area (Å²) in [7, 11) is 0. The molecule has 0 fully saturated rings. The highest BCUT2D eigenvalue weighted by atomic mass is 16.4. The van der Waals surface area contributed by atoms with E-state index in [4.69, 9.17) is 5.73 Å². The van der Waals surface area contributed by atoms with E-state index in [0.29, 0.717) is 19.4 Å². The molecule has 0 aliphatic rings. The summed E-state index contributed by atoms with van der Waals surface area (Å²) in [6, 6.07) is 21.8. The number of aliphatic carboxylic acids is 1. The lowest BCUT2D eigenvalue weighted by atomic mass is 9.98. The average molecular weight is 490 g/mol. The van der Waals surface area contributed by atoms with Gasteiger partial charge in [0.2, 0.25) is 5.91 Å². The topological polar surface area (TPSA) is 113 Å². The van der Waals surface area contributed by atoms with Crippen molar-refractivity contribution in [3.63, 3.8) is 0 Å². The molecule has 7 nitrogen and oxygen atoms in total. The number of nitrogens with two attached hydrogens (primary N) is 1. The third-order valence-corrected chi connectivity index (χ3v) is 6.19. The van der Waals surface area contributed by atoms with E-state index in [0.717, 1.165) is 21.9 Å². The molecule has 0 bridgehead atoms. The van der Waals surface area contributed by atoms with Crippen LogP contribution in [0.15, 0.2) is 72.8 Å². The predicted octanol–water partition coefficient (Wildman–Crippen LogP) is 4.24. The summed E-state index contributed by atoms with van der Waals surface area (Å²) in [6.07, 6.45) is 1.31. The molecule has 0 aliphatic carbocycles. The first-order chi connectivity index (χ1) is 17.2. The number of nitrogens with one attached hydrogen (secondary N) is 1. The molecule has 7 heteroatoms. The number of carboxylic acid groups (broad SMARTS) is 1. The zero-order valence-corrected chi connectivity index (χ0v) is 20.9. The standard InChI is InChI=1S/C29H35N3O4/c1-20(2)18-32(19-25(27(30)33)15-12-21-8-4-3-5-9-21)29(36)31-26(28(34)35)17-22-13-14-23-10-6-7-11-24(23)16-22/h3-11,13-14,16,20,25-26H,12,15,17-19H2,1-2H3,(H2,30,33)(H,31,36)(H,34,35)/t25?,26-/m0/s1. The fourth-order valence-corrected chi connectivity index (χ4v) is 4.30. The van der Waals surface area contributed by atoms with Gasteiger partial charge in [0.1, 0.15) is 6.04 Å². The van der Waals surface area contributed by atoms with E-state index < -0.39 is 29.9 Å². The van der Waals surface area contributed by atoms with E-state index in [2.05, 4.69) is 5.32 Å². The molecule has 4 N–H and O–H groups in total. The Morgan fingerprint density at radius 3 is 2.19 bits per heavy atom. The van der Waals surface area contributed by atoms with E-state index in [9.17, 15) is 19.5 Å². The minimum absolute atomic E-state index is 0.127. The molecule has 0 radical (unpaired) electrons. The van der Waals surface area contributed by atoms with Crippen molar-refractivity contribution in [1.82, 2.24) is 10.2 Å². The van der Waals surface area contributed by atoms with E-state index in [1.54, 1.807) is 0 Å². The Bertz CT molecular complexity index is 1180. The summed E-state index contributed by atoms with van der Waals surface area (Å²) in [5.74, 6) is -2.00. The van der Waals surface area contributed by atoms with Gasteiger partial charge < -0.3 is 21.1 Å². The maximum absolute atomic E-state index is 13.2. The van der Waals surface area contributed by atoms with Gasteiger partial charge in [-0.1, -0.05) is 86.6 Å². The second kappa shape index (κ2) is 12.7. The molecule has 3 aromatic rings. The second-order valence-corrected chi connectivity index (χ2v) is 9.65. The van der Waals surface area contributed by atoms with Crippen LogP contribution in [0.2, 0.25) is 0 Å². The van der Waals surface area contributed by atoms with Crippen LogP contribution in [0.25, 0.3) is 10.8 Å². The molecule has 3 aromatic carbocycles. The van der Waals surface area contributed by atoms with Crippen LogP contribution in [0.5, 0.6) is 0 Å². The van der Waals surface area contributed by atoms with Gasteiger partial charge in [-0.25, -0.2) is 9.59 Å². The molecule has 0 saturated carbocycles. The number of amides is 3. The monoisotopic (exact) mass is 489 g/mol. The lowest BCUT2D eigenvalue weighted by Gasteiger charge is -2.29. The molecule has 0 aliphatic heterocycles. The van der Waals surface area contributed by atoms with Crippen molar-refractivity contribution in [3.05, 3.63) is 83.9 Å². The molecule has 3 amide bonds. The number of benzene rings is 3. The van der Waals surface area contributed by atoms with Gasteiger partial charge in [0, 0.05) is 19.5 Å². The van der Waals surface area contributed by atoms with Crippen molar-refractivity contribution in [3.8, 4) is 0 Å². The van der Waals surface area contributed by atoms with Gasteiger partial charge in [-0.15, -0.1) is 0 Å². The average Bonchev–Trinajstić information content (AvgIpc) is 2.85. The smallest absolute Gasteiger partial charge is 0.326 e. The number of carbonyl (C=O) groups is 3. The molecule has 190 valence electrons. The van der Waals surface area contributed by atoms with Crippen LogP contribution in [-0.2, 0) is 22.4 Å². The van der Waals surface area contributed by atoms with Crippen LogP contribution in [-0.4, -0.2) is 47.0 Å². The van der Waals surface area contributed by atoms with Crippen molar-refractivity contribution < 1.29 is 19.5 Å². The first-order valence-electron chi connectivity index (χ1n) is 12.3. The second-order valence-electron chi connectivity index (χ2n) is 9.65. The Hall–Kier alpha value is -3.87. The number of rotatable bonds is 12. The van der Waals surface area contributed by atoms with Gasteiger partial charge >= 0.3 is 12.0 Å². The third kappa shape index (κ3) is 7.83. The molecule has 0 aromatic heterocycles. The molecule has 1 unspecified atom stereocenters. The minimum Gasteiger partial charge on any atom is -0.480 e. The highest BCUT2D eigenvalue weighted by molar-refractivity contribution is 5.85. The fraction of sp³-hybridized carbons (Fsp3) is 0.345. The van der Waals surface area contributed by atoms with Crippen molar-refractivity contribution in [2.45, 2.75) is 39.2 Å². The summed E-state index contributed by atoms with van der Waals surface area (Å²) in [4.78, 5) is 39.0. The lowest BCUT2D eigenvalue weighted by Crippen LogP contribution is -2.51. The number of carboxylic acids is 1. The summed E-state index contributed by atoms with van der Waals surface area (Å²) >= 11 is 0. The Kier molecular flexibility index (Phi) is 9.45. The molecule has 0 spiro atoms. The first-order valence-corrected chi connectivity index (χ1v) is 12.3. The Labute approximate surface area is 212 Å². The quantitative estimate of drug-likeness (QED) is 0.353. The molecule has 36 heavy (non-hydrogen) atoms. The van der Waals surface area contributed by atoms with Crippen molar-refractivity contribution in [1.29, 1.82) is 0 Å². The SMILES string of the molecule is CC(C)CN(CC(CCc1ccccc1)C(N)=O)C(=O)N[C@@H](Cc1ccc2ccccc2c1)C(=O)O. The van der Waals surface area contributed by atoms with E-state index in [1.165, 1.54) is 4.90 Å². The third-order valence-electron chi connectivity index (χ3n) is 6.19.